The van der Waals surface area contributed by atoms with Gasteiger partial charge in [0.2, 0.25) is 5.91 Å². The molecule has 0 spiro atoms. The smallest absolute Gasteiger partial charge is 0.248 e. The predicted octanol–water partition coefficient (Wildman–Crippen LogP) is 1.15. The highest BCUT2D eigenvalue weighted by Gasteiger charge is 2.08. The van der Waals surface area contributed by atoms with Crippen LogP contribution in [0.15, 0.2) is 24.3 Å². The molecule has 0 bridgehead atoms. The molecule has 1 amide bonds. The third-order valence-electron chi connectivity index (χ3n) is 3.20. The topological polar surface area (TPSA) is 67.6 Å². The lowest BCUT2D eigenvalue weighted by Crippen LogP contribution is -2.43. The summed E-state index contributed by atoms with van der Waals surface area (Å²) in [5, 5.41) is 2.25. The normalized spacial score (nSPS) is 16.2. The van der Waals surface area contributed by atoms with Gasteiger partial charge in [-0.1, -0.05) is 6.42 Å². The zero-order valence-electron chi connectivity index (χ0n) is 11.1. The third kappa shape index (κ3) is 4.54. The van der Waals surface area contributed by atoms with Gasteiger partial charge in [0.05, 0.1) is 0 Å². The van der Waals surface area contributed by atoms with Gasteiger partial charge in [-0.3, -0.25) is 10.2 Å². The Labute approximate surface area is 113 Å². The molecule has 2 rings (SSSR count). The minimum atomic E-state index is -0.418. The Morgan fingerprint density at radius 3 is 2.53 bits per heavy atom. The van der Waals surface area contributed by atoms with Crippen LogP contribution in [0.4, 0.5) is 0 Å². The van der Waals surface area contributed by atoms with Crippen molar-refractivity contribution in [2.45, 2.75) is 19.3 Å². The second kappa shape index (κ2) is 7.11. The lowest BCUT2D eigenvalue weighted by atomic mass is 10.2. The molecule has 5 nitrogen and oxygen atoms in total. The molecule has 1 fully saturated rings. The molecule has 1 heterocycles. The van der Waals surface area contributed by atoms with Gasteiger partial charge in [-0.25, -0.2) is 5.01 Å². The van der Waals surface area contributed by atoms with Crippen LogP contribution < -0.4 is 15.9 Å². The Morgan fingerprint density at radius 2 is 1.89 bits per heavy atom. The van der Waals surface area contributed by atoms with Crippen molar-refractivity contribution in [2.24, 2.45) is 5.73 Å². The number of piperidine rings is 1. The zero-order valence-corrected chi connectivity index (χ0v) is 11.1. The van der Waals surface area contributed by atoms with Gasteiger partial charge in [0, 0.05) is 25.2 Å². The fourth-order valence-corrected chi connectivity index (χ4v) is 2.14. The first-order valence-electron chi connectivity index (χ1n) is 6.77. The Morgan fingerprint density at radius 1 is 1.21 bits per heavy atom. The lowest BCUT2D eigenvalue weighted by molar-refractivity contribution is 0.1000. The molecule has 104 valence electrons. The summed E-state index contributed by atoms with van der Waals surface area (Å²) in [6.45, 7) is 3.63. The Balaban J connectivity index is 1.66. The summed E-state index contributed by atoms with van der Waals surface area (Å²) in [4.78, 5) is 10.9. The van der Waals surface area contributed by atoms with E-state index in [9.17, 15) is 4.79 Å². The second-order valence-corrected chi connectivity index (χ2v) is 4.69. The maximum Gasteiger partial charge on any atom is 0.248 e. The molecule has 1 aliphatic heterocycles. The van der Waals surface area contributed by atoms with E-state index < -0.39 is 5.91 Å². The number of benzene rings is 1. The van der Waals surface area contributed by atoms with Gasteiger partial charge in [0.1, 0.15) is 12.4 Å². The number of nitrogens with one attached hydrogen (secondary N) is 1. The molecule has 19 heavy (non-hydrogen) atoms. The molecule has 1 aliphatic rings. The summed E-state index contributed by atoms with van der Waals surface area (Å²) < 4.78 is 5.59. The van der Waals surface area contributed by atoms with Crippen molar-refractivity contribution in [3.63, 3.8) is 0 Å². The van der Waals surface area contributed by atoms with Crippen molar-refractivity contribution in [3.05, 3.63) is 29.8 Å². The van der Waals surface area contributed by atoms with Crippen molar-refractivity contribution in [3.8, 4) is 5.75 Å². The number of nitrogens with two attached hydrogens (primary N) is 1. The van der Waals surface area contributed by atoms with Gasteiger partial charge in [-0.05, 0) is 37.1 Å². The van der Waals surface area contributed by atoms with Crippen molar-refractivity contribution in [1.82, 2.24) is 10.4 Å². The third-order valence-corrected chi connectivity index (χ3v) is 3.20. The summed E-state index contributed by atoms with van der Waals surface area (Å²) in [5.41, 5.74) is 9.03. The van der Waals surface area contributed by atoms with Crippen molar-refractivity contribution < 1.29 is 9.53 Å². The largest absolute Gasteiger partial charge is 0.492 e. The van der Waals surface area contributed by atoms with Crippen LogP contribution in [0.2, 0.25) is 0 Å². The quantitative estimate of drug-likeness (QED) is 0.756. The summed E-state index contributed by atoms with van der Waals surface area (Å²) in [6.07, 6.45) is 3.87. The molecule has 0 unspecified atom stereocenters. The molecule has 1 aromatic rings. The van der Waals surface area contributed by atoms with Crippen LogP contribution in [0.3, 0.4) is 0 Å². The van der Waals surface area contributed by atoms with E-state index in [1.807, 2.05) is 0 Å². The summed E-state index contributed by atoms with van der Waals surface area (Å²) in [7, 11) is 0. The Bertz CT molecular complexity index is 400. The summed E-state index contributed by atoms with van der Waals surface area (Å²) in [5.74, 6) is 0.337. The van der Waals surface area contributed by atoms with Crippen LogP contribution in [-0.2, 0) is 0 Å². The van der Waals surface area contributed by atoms with Crippen LogP contribution in [-0.4, -0.2) is 37.2 Å². The van der Waals surface area contributed by atoms with E-state index in [0.29, 0.717) is 12.2 Å². The number of nitrogens with zero attached hydrogens (tertiary/aromatic N) is 1. The van der Waals surface area contributed by atoms with Gasteiger partial charge in [-0.2, -0.15) is 0 Å². The highest BCUT2D eigenvalue weighted by atomic mass is 16.5. The van der Waals surface area contributed by atoms with E-state index in [1.54, 1.807) is 24.3 Å². The average Bonchev–Trinajstić information content (AvgIpc) is 2.45. The highest BCUT2D eigenvalue weighted by molar-refractivity contribution is 5.92. The minimum absolute atomic E-state index is 0.418. The fraction of sp³-hybridized carbons (Fsp3) is 0.500. The number of hydrogen-bond acceptors (Lipinski definition) is 4. The molecule has 5 heteroatoms. The second-order valence-electron chi connectivity index (χ2n) is 4.69. The van der Waals surface area contributed by atoms with Gasteiger partial charge < -0.3 is 10.5 Å². The van der Waals surface area contributed by atoms with Gasteiger partial charge in [-0.15, -0.1) is 0 Å². The van der Waals surface area contributed by atoms with Crippen molar-refractivity contribution in [1.29, 1.82) is 0 Å². The molecule has 0 radical (unpaired) electrons. The number of ether oxygens (including phenoxy) is 1. The van der Waals surface area contributed by atoms with Gasteiger partial charge in [0.15, 0.2) is 0 Å². The number of amides is 1. The van der Waals surface area contributed by atoms with E-state index in [2.05, 4.69) is 10.4 Å². The Kier molecular flexibility index (Phi) is 5.18. The molecule has 1 saturated heterocycles. The zero-order chi connectivity index (χ0) is 13.5. The molecule has 1 aromatic carbocycles. The SMILES string of the molecule is NC(=O)c1ccc(OCCNN2CCCCC2)cc1. The molecular formula is C14H21N3O2. The predicted molar refractivity (Wildman–Crippen MR) is 73.9 cm³/mol. The maximum absolute atomic E-state index is 10.9. The minimum Gasteiger partial charge on any atom is -0.492 e. The number of hydrogen-bond donors (Lipinski definition) is 2. The summed E-state index contributed by atoms with van der Waals surface area (Å²) >= 11 is 0. The first kappa shape index (κ1) is 13.8. The van der Waals surface area contributed by atoms with E-state index >= 15 is 0 Å². The molecule has 0 atom stereocenters. The molecule has 3 N–H and O–H groups in total. The molecule has 0 aromatic heterocycles. The first-order valence-corrected chi connectivity index (χ1v) is 6.77. The van der Waals surface area contributed by atoms with Gasteiger partial charge in [0.25, 0.3) is 0 Å². The van der Waals surface area contributed by atoms with Crippen LogP contribution in [0.5, 0.6) is 5.75 Å². The molecule has 0 saturated carbocycles. The number of primary amides is 1. The summed E-state index contributed by atoms with van der Waals surface area (Å²) in [6, 6.07) is 6.88. The lowest BCUT2D eigenvalue weighted by Gasteiger charge is -2.27. The number of carbonyl (C=O) groups excluding carboxylic acids is 1. The fourth-order valence-electron chi connectivity index (χ4n) is 2.14. The number of rotatable bonds is 6. The van der Waals surface area contributed by atoms with Crippen LogP contribution in [0.1, 0.15) is 29.6 Å². The average molecular weight is 263 g/mol. The van der Waals surface area contributed by atoms with Gasteiger partial charge >= 0.3 is 0 Å². The number of hydrazine groups is 1. The van der Waals surface area contributed by atoms with E-state index in [1.165, 1.54) is 19.3 Å². The molecular weight excluding hydrogens is 242 g/mol. The van der Waals surface area contributed by atoms with Crippen LogP contribution in [0, 0.1) is 0 Å². The molecule has 0 aliphatic carbocycles. The van der Waals surface area contributed by atoms with E-state index in [4.69, 9.17) is 10.5 Å². The van der Waals surface area contributed by atoms with E-state index in [0.717, 1.165) is 25.4 Å². The van der Waals surface area contributed by atoms with Crippen molar-refractivity contribution in [2.75, 3.05) is 26.2 Å². The van der Waals surface area contributed by atoms with Crippen LogP contribution in [0.25, 0.3) is 0 Å². The Hall–Kier alpha value is -1.59. The maximum atomic E-state index is 10.9. The number of carbonyl (C=O) groups is 1. The van der Waals surface area contributed by atoms with Crippen molar-refractivity contribution >= 4 is 5.91 Å². The monoisotopic (exact) mass is 263 g/mol. The standard InChI is InChI=1S/C14H21N3O2/c15-14(18)12-4-6-13(7-5-12)19-11-8-16-17-9-2-1-3-10-17/h4-7,16H,1-3,8-11H2,(H2,15,18). The van der Waals surface area contributed by atoms with E-state index in [-0.39, 0.29) is 0 Å². The highest BCUT2D eigenvalue weighted by Crippen LogP contribution is 2.11. The first-order chi connectivity index (χ1) is 9.25. The van der Waals surface area contributed by atoms with Crippen LogP contribution >= 0.6 is 0 Å².